The molecule has 1 aliphatic heterocycles. The van der Waals surface area contributed by atoms with Crippen LogP contribution in [0.4, 0.5) is 5.69 Å². The predicted octanol–water partition coefficient (Wildman–Crippen LogP) is 3.63. The number of nitrogens with zero attached hydrogens (tertiary/aromatic N) is 2. The highest BCUT2D eigenvalue weighted by atomic mass is 16.5. The summed E-state index contributed by atoms with van der Waals surface area (Å²) in [6.07, 6.45) is 7.12. The van der Waals surface area contributed by atoms with E-state index in [1.54, 1.807) is 7.11 Å². The molecule has 1 heterocycles. The van der Waals surface area contributed by atoms with Crippen molar-refractivity contribution in [1.82, 2.24) is 4.90 Å². The molecule has 1 aliphatic carbocycles. The van der Waals surface area contributed by atoms with Gasteiger partial charge < -0.3 is 9.64 Å². The van der Waals surface area contributed by atoms with Gasteiger partial charge in [0, 0.05) is 24.3 Å². The second kappa shape index (κ2) is 7.56. The highest BCUT2D eigenvalue weighted by Gasteiger charge is 2.30. The number of carbonyl (C=O) groups excluding carboxylic acids is 1. The normalized spacial score (nSPS) is 18.3. The molecule has 0 saturated heterocycles. The Morgan fingerprint density at radius 1 is 1.29 bits per heavy atom. The van der Waals surface area contributed by atoms with Gasteiger partial charge in [0.15, 0.2) is 0 Å². The first-order valence-electron chi connectivity index (χ1n) is 9.33. The average molecular weight is 330 g/mol. The number of rotatable bonds is 5. The zero-order valence-electron chi connectivity index (χ0n) is 15.3. The molecule has 1 aromatic carbocycles. The minimum atomic E-state index is 0.238. The number of methoxy groups -OCH3 is 1. The van der Waals surface area contributed by atoms with Crippen molar-refractivity contribution in [2.45, 2.75) is 64.5 Å². The number of carbonyl (C=O) groups is 1. The molecule has 132 valence electrons. The minimum absolute atomic E-state index is 0.238. The lowest BCUT2D eigenvalue weighted by Crippen LogP contribution is -2.48. The number of hydrogen-bond acceptors (Lipinski definition) is 3. The van der Waals surface area contributed by atoms with E-state index in [9.17, 15) is 4.79 Å². The summed E-state index contributed by atoms with van der Waals surface area (Å²) in [5.41, 5.74) is 2.30. The van der Waals surface area contributed by atoms with Crippen molar-refractivity contribution in [2.75, 3.05) is 25.1 Å². The van der Waals surface area contributed by atoms with E-state index >= 15 is 0 Å². The highest BCUT2D eigenvalue weighted by Crippen LogP contribution is 2.31. The molecule has 0 aromatic heterocycles. The third-order valence-corrected chi connectivity index (χ3v) is 5.48. The predicted molar refractivity (Wildman–Crippen MR) is 97.8 cm³/mol. The zero-order chi connectivity index (χ0) is 17.1. The maximum Gasteiger partial charge on any atom is 0.241 e. The number of aryl methyl sites for hydroxylation is 1. The summed E-state index contributed by atoms with van der Waals surface area (Å²) in [5.74, 6) is 1.11. The van der Waals surface area contributed by atoms with Crippen LogP contribution in [0.2, 0.25) is 0 Å². The Kier molecular flexibility index (Phi) is 5.44. The first-order valence-corrected chi connectivity index (χ1v) is 9.33. The van der Waals surface area contributed by atoms with Crippen LogP contribution in [0, 0.1) is 0 Å². The van der Waals surface area contributed by atoms with Crippen molar-refractivity contribution in [3.63, 3.8) is 0 Å². The summed E-state index contributed by atoms with van der Waals surface area (Å²) in [6.45, 7) is 5.78. The topological polar surface area (TPSA) is 32.8 Å². The number of benzene rings is 1. The molecule has 1 saturated carbocycles. The molecule has 0 unspecified atom stereocenters. The average Bonchev–Trinajstić information content (AvgIpc) is 3.12. The molecule has 1 aromatic rings. The SMILES string of the molecule is COc1ccc2c(c1)CCCN2C(=O)CN(C(C)C)C1CCCC1. The lowest BCUT2D eigenvalue weighted by atomic mass is 10.0. The second-order valence-corrected chi connectivity index (χ2v) is 7.35. The summed E-state index contributed by atoms with van der Waals surface area (Å²) < 4.78 is 5.33. The van der Waals surface area contributed by atoms with E-state index < -0.39 is 0 Å². The Bertz CT molecular complexity index is 579. The molecule has 0 bridgehead atoms. The van der Waals surface area contributed by atoms with Gasteiger partial charge >= 0.3 is 0 Å². The van der Waals surface area contributed by atoms with Gasteiger partial charge in [0.1, 0.15) is 5.75 Å². The van der Waals surface area contributed by atoms with Gasteiger partial charge in [-0.25, -0.2) is 0 Å². The van der Waals surface area contributed by atoms with E-state index in [0.717, 1.165) is 30.8 Å². The molecule has 0 atom stereocenters. The van der Waals surface area contributed by atoms with Gasteiger partial charge in [0.2, 0.25) is 5.91 Å². The molecule has 24 heavy (non-hydrogen) atoms. The smallest absolute Gasteiger partial charge is 0.241 e. The summed E-state index contributed by atoms with van der Waals surface area (Å²) >= 11 is 0. The van der Waals surface area contributed by atoms with Gasteiger partial charge in [0.25, 0.3) is 0 Å². The van der Waals surface area contributed by atoms with Crippen LogP contribution in [0.5, 0.6) is 5.75 Å². The maximum atomic E-state index is 13.0. The molecule has 0 spiro atoms. The third kappa shape index (κ3) is 3.59. The summed E-state index contributed by atoms with van der Waals surface area (Å²) in [4.78, 5) is 17.4. The molecular formula is C20H30N2O2. The molecule has 3 rings (SSSR count). The van der Waals surface area contributed by atoms with Gasteiger partial charge in [-0.1, -0.05) is 12.8 Å². The Labute approximate surface area is 145 Å². The minimum Gasteiger partial charge on any atom is -0.497 e. The fraction of sp³-hybridized carbons (Fsp3) is 0.650. The van der Waals surface area contributed by atoms with Crippen LogP contribution in [-0.4, -0.2) is 43.1 Å². The first-order chi connectivity index (χ1) is 11.6. The van der Waals surface area contributed by atoms with Crippen molar-refractivity contribution in [1.29, 1.82) is 0 Å². The fourth-order valence-corrected chi connectivity index (χ4v) is 4.17. The van der Waals surface area contributed by atoms with Crippen molar-refractivity contribution >= 4 is 11.6 Å². The Hall–Kier alpha value is -1.55. The Morgan fingerprint density at radius 2 is 2.04 bits per heavy atom. The van der Waals surface area contributed by atoms with Crippen molar-refractivity contribution < 1.29 is 9.53 Å². The van der Waals surface area contributed by atoms with E-state index in [4.69, 9.17) is 4.74 Å². The monoisotopic (exact) mass is 330 g/mol. The number of fused-ring (bicyclic) bond motifs is 1. The molecule has 1 fully saturated rings. The standard InChI is InChI=1S/C20H30N2O2/c1-15(2)22(17-8-4-5-9-17)14-20(23)21-12-6-7-16-13-18(24-3)10-11-19(16)21/h10-11,13,15,17H,4-9,12,14H2,1-3H3. The van der Waals surface area contributed by atoms with Gasteiger partial charge in [0.05, 0.1) is 13.7 Å². The van der Waals surface area contributed by atoms with E-state index in [2.05, 4.69) is 24.8 Å². The fourth-order valence-electron chi connectivity index (χ4n) is 4.17. The van der Waals surface area contributed by atoms with Gasteiger partial charge in [-0.05, 0) is 63.3 Å². The Balaban J connectivity index is 1.75. The lowest BCUT2D eigenvalue weighted by Gasteiger charge is -2.36. The van der Waals surface area contributed by atoms with E-state index in [1.807, 2.05) is 17.0 Å². The molecule has 0 N–H and O–H groups in total. The van der Waals surface area contributed by atoms with Crippen LogP contribution in [0.15, 0.2) is 18.2 Å². The number of hydrogen-bond donors (Lipinski definition) is 0. The van der Waals surface area contributed by atoms with Crippen LogP contribution in [0.1, 0.15) is 51.5 Å². The van der Waals surface area contributed by atoms with Crippen LogP contribution in [0.3, 0.4) is 0 Å². The van der Waals surface area contributed by atoms with E-state index in [1.165, 1.54) is 31.2 Å². The highest BCUT2D eigenvalue weighted by molar-refractivity contribution is 5.96. The summed E-state index contributed by atoms with van der Waals surface area (Å²) in [6, 6.07) is 7.07. The molecule has 4 nitrogen and oxygen atoms in total. The summed E-state index contributed by atoms with van der Waals surface area (Å²) in [5, 5.41) is 0. The van der Waals surface area contributed by atoms with Crippen LogP contribution < -0.4 is 9.64 Å². The van der Waals surface area contributed by atoms with Gasteiger partial charge in [-0.3, -0.25) is 9.69 Å². The molecule has 4 heteroatoms. The third-order valence-electron chi connectivity index (χ3n) is 5.48. The van der Waals surface area contributed by atoms with Crippen LogP contribution in [0.25, 0.3) is 0 Å². The van der Waals surface area contributed by atoms with Crippen LogP contribution in [-0.2, 0) is 11.2 Å². The number of anilines is 1. The van der Waals surface area contributed by atoms with Crippen molar-refractivity contribution in [3.05, 3.63) is 23.8 Å². The molecular weight excluding hydrogens is 300 g/mol. The van der Waals surface area contributed by atoms with Gasteiger partial charge in [-0.2, -0.15) is 0 Å². The largest absolute Gasteiger partial charge is 0.497 e. The van der Waals surface area contributed by atoms with E-state index in [-0.39, 0.29) is 5.91 Å². The first kappa shape index (κ1) is 17.3. The van der Waals surface area contributed by atoms with E-state index in [0.29, 0.717) is 18.6 Å². The number of amides is 1. The number of ether oxygens (including phenoxy) is 1. The molecule has 0 radical (unpaired) electrons. The molecule has 2 aliphatic rings. The zero-order valence-corrected chi connectivity index (χ0v) is 15.3. The Morgan fingerprint density at radius 3 is 2.71 bits per heavy atom. The van der Waals surface area contributed by atoms with Crippen molar-refractivity contribution in [3.8, 4) is 5.75 Å². The van der Waals surface area contributed by atoms with Crippen molar-refractivity contribution in [2.24, 2.45) is 0 Å². The second-order valence-electron chi connectivity index (χ2n) is 7.35. The maximum absolute atomic E-state index is 13.0. The van der Waals surface area contributed by atoms with Crippen LogP contribution >= 0.6 is 0 Å². The lowest BCUT2D eigenvalue weighted by molar-refractivity contribution is -0.120. The van der Waals surface area contributed by atoms with Gasteiger partial charge in [-0.15, -0.1) is 0 Å². The molecule has 1 amide bonds. The quantitative estimate of drug-likeness (QED) is 0.826. The summed E-state index contributed by atoms with van der Waals surface area (Å²) in [7, 11) is 1.69.